The molecule has 8 heteroatoms. The number of rotatable bonds is 2. The van der Waals surface area contributed by atoms with Gasteiger partial charge < -0.3 is 37.2 Å². The van der Waals surface area contributed by atoms with Crippen molar-refractivity contribution in [2.24, 2.45) is 0 Å². The minimum Gasteiger partial charge on any atom is -1.00 e. The van der Waals surface area contributed by atoms with Crippen molar-refractivity contribution in [1.29, 1.82) is 0 Å². The van der Waals surface area contributed by atoms with Crippen LogP contribution in [0.2, 0.25) is 0 Å². The van der Waals surface area contributed by atoms with Crippen LogP contribution in [0.1, 0.15) is 10.4 Å². The van der Waals surface area contributed by atoms with Crippen LogP contribution in [0.5, 0.6) is 0 Å². The number of alkyl halides is 1. The normalized spacial score (nSPS) is 7.44. The minimum atomic E-state index is -1.04. The number of halogens is 6. The molecular weight excluding hydrogens is 319 g/mol. The number of benzene rings is 1. The number of Topliss-reactive ketones (excluding diaryl/α,β-unsaturated/α-hetero) is 1. The average Bonchev–Trinajstić information content (AvgIpc) is 2.08. The van der Waals surface area contributed by atoms with Crippen LogP contribution in [0.15, 0.2) is 18.2 Å². The number of hydrogen-bond donors (Lipinski definition) is 0. The van der Waals surface area contributed by atoms with Crippen molar-refractivity contribution in [2.45, 2.75) is 0 Å². The summed E-state index contributed by atoms with van der Waals surface area (Å²) >= 11 is 5.21. The van der Waals surface area contributed by atoms with Gasteiger partial charge in [-0.05, 0) is 18.2 Å². The van der Waals surface area contributed by atoms with Crippen molar-refractivity contribution in [1.82, 2.24) is 0 Å². The van der Waals surface area contributed by atoms with Gasteiger partial charge in [0, 0.05) is 5.56 Å². The summed E-state index contributed by atoms with van der Waals surface area (Å²) in [5.74, 6) is -2.66. The van der Waals surface area contributed by atoms with Gasteiger partial charge in [0.15, 0.2) is 17.4 Å². The second-order valence-electron chi connectivity index (χ2n) is 2.19. The molecule has 0 aliphatic rings. The quantitative estimate of drug-likeness (QED) is 0.300. The fraction of sp³-hybridized carbons (Fsp3) is 0.125. The Kier molecular flexibility index (Phi) is 18.9. The molecule has 0 unspecified atom stereocenters. The topological polar surface area (TPSA) is 17.1 Å². The van der Waals surface area contributed by atoms with Crippen LogP contribution in [0.3, 0.4) is 0 Å². The van der Waals surface area contributed by atoms with E-state index in [1.165, 1.54) is 6.07 Å². The maximum Gasteiger partial charge on any atom is 3.00 e. The van der Waals surface area contributed by atoms with Crippen LogP contribution < -0.4 is 37.2 Å². The molecule has 16 heavy (non-hydrogen) atoms. The predicted molar refractivity (Wildman–Crippen MR) is 47.2 cm³/mol. The minimum absolute atomic E-state index is 0. The molecular formula is C8H5AlCl4F2O. The first-order chi connectivity index (χ1) is 5.65. The van der Waals surface area contributed by atoms with Crippen LogP contribution in [0, 0.1) is 11.6 Å². The van der Waals surface area contributed by atoms with Crippen molar-refractivity contribution in [3.05, 3.63) is 35.4 Å². The van der Waals surface area contributed by atoms with E-state index in [-0.39, 0.29) is 66.0 Å². The van der Waals surface area contributed by atoms with Crippen LogP contribution in [-0.4, -0.2) is 29.0 Å². The standard InChI is InChI=1S/C8H5ClF2O.Al.3ClH/c9-4-8(12)5-1-2-6(10)7(11)3-5;;;;/h1-3H,4H2;;3*1H/q;+3;;;/p-3. The van der Waals surface area contributed by atoms with Crippen LogP contribution >= 0.6 is 11.6 Å². The Hall–Kier alpha value is 0.442. The second kappa shape index (κ2) is 11.9. The Morgan fingerprint density at radius 1 is 1.12 bits per heavy atom. The molecule has 0 heterocycles. The molecule has 0 atom stereocenters. The largest absolute Gasteiger partial charge is 3.00 e. The molecule has 0 amide bonds. The Morgan fingerprint density at radius 3 is 2.00 bits per heavy atom. The summed E-state index contributed by atoms with van der Waals surface area (Å²) in [5, 5.41) is 0. The van der Waals surface area contributed by atoms with Crippen LogP contribution in [0.4, 0.5) is 8.78 Å². The van der Waals surface area contributed by atoms with Gasteiger partial charge in [0.25, 0.3) is 0 Å². The molecule has 1 nitrogen and oxygen atoms in total. The zero-order chi connectivity index (χ0) is 9.14. The third-order valence-corrected chi connectivity index (χ3v) is 1.61. The van der Waals surface area contributed by atoms with Gasteiger partial charge in [-0.25, -0.2) is 8.78 Å². The van der Waals surface area contributed by atoms with E-state index >= 15 is 0 Å². The summed E-state index contributed by atoms with van der Waals surface area (Å²) in [7, 11) is 0. The van der Waals surface area contributed by atoms with E-state index in [1.807, 2.05) is 0 Å². The van der Waals surface area contributed by atoms with E-state index < -0.39 is 17.4 Å². The van der Waals surface area contributed by atoms with Gasteiger partial charge in [0.2, 0.25) is 0 Å². The number of ketones is 1. The van der Waals surface area contributed by atoms with Crippen LogP contribution in [0.25, 0.3) is 0 Å². The van der Waals surface area contributed by atoms with Crippen molar-refractivity contribution in [2.75, 3.05) is 5.88 Å². The van der Waals surface area contributed by atoms with E-state index in [2.05, 4.69) is 0 Å². The molecule has 0 fully saturated rings. The predicted octanol–water partition coefficient (Wildman–Crippen LogP) is -6.98. The number of hydrogen-bond acceptors (Lipinski definition) is 1. The Balaban J connectivity index is -0.000000180. The summed E-state index contributed by atoms with van der Waals surface area (Å²) in [4.78, 5) is 10.9. The van der Waals surface area contributed by atoms with Gasteiger partial charge in [-0.2, -0.15) is 0 Å². The van der Waals surface area contributed by atoms with Gasteiger partial charge in [0.1, 0.15) is 0 Å². The van der Waals surface area contributed by atoms with E-state index in [0.29, 0.717) is 0 Å². The van der Waals surface area contributed by atoms with Crippen molar-refractivity contribution >= 4 is 34.7 Å². The van der Waals surface area contributed by atoms with Gasteiger partial charge in [-0.3, -0.25) is 4.79 Å². The summed E-state index contributed by atoms with van der Waals surface area (Å²) < 4.78 is 24.9. The molecule has 1 aromatic rings. The van der Waals surface area contributed by atoms with E-state index in [4.69, 9.17) is 11.6 Å². The molecule has 0 spiro atoms. The molecule has 0 N–H and O–H groups in total. The zero-order valence-electron chi connectivity index (χ0n) is 7.69. The molecule has 0 bridgehead atoms. The summed E-state index contributed by atoms with van der Waals surface area (Å²) in [6, 6.07) is 2.93. The summed E-state index contributed by atoms with van der Waals surface area (Å²) in [6.45, 7) is 0. The average molecular weight is 324 g/mol. The molecule has 0 saturated heterocycles. The maximum absolute atomic E-state index is 12.5. The first-order valence-electron chi connectivity index (χ1n) is 3.19. The first kappa shape index (κ1) is 25.3. The fourth-order valence-corrected chi connectivity index (χ4v) is 0.901. The van der Waals surface area contributed by atoms with Gasteiger partial charge in [-0.15, -0.1) is 11.6 Å². The van der Waals surface area contributed by atoms with E-state index in [1.54, 1.807) is 0 Å². The Labute approximate surface area is 126 Å². The van der Waals surface area contributed by atoms with E-state index in [9.17, 15) is 13.6 Å². The second-order valence-corrected chi connectivity index (χ2v) is 2.45. The Bertz CT molecular complexity index is 325. The van der Waals surface area contributed by atoms with Crippen molar-refractivity contribution in [3.63, 3.8) is 0 Å². The number of carbonyl (C=O) groups is 1. The molecule has 0 radical (unpaired) electrons. The molecule has 1 aromatic carbocycles. The first-order valence-corrected chi connectivity index (χ1v) is 3.73. The number of carbonyl (C=O) groups excluding carboxylic acids is 1. The molecule has 0 aromatic heterocycles. The summed E-state index contributed by atoms with van der Waals surface area (Å²) in [6.07, 6.45) is 0. The van der Waals surface area contributed by atoms with Gasteiger partial charge in [-0.1, -0.05) is 0 Å². The molecule has 0 aliphatic carbocycles. The molecule has 0 saturated carbocycles. The Morgan fingerprint density at radius 2 is 1.62 bits per heavy atom. The molecule has 88 valence electrons. The monoisotopic (exact) mass is 322 g/mol. The third kappa shape index (κ3) is 6.90. The van der Waals surface area contributed by atoms with Gasteiger partial charge >= 0.3 is 17.4 Å². The van der Waals surface area contributed by atoms with Crippen molar-refractivity contribution in [3.8, 4) is 0 Å². The smallest absolute Gasteiger partial charge is 1.00 e. The zero-order valence-corrected chi connectivity index (χ0v) is 11.9. The third-order valence-electron chi connectivity index (χ3n) is 1.36. The van der Waals surface area contributed by atoms with Crippen LogP contribution in [-0.2, 0) is 0 Å². The fourth-order valence-electron chi connectivity index (χ4n) is 0.747. The van der Waals surface area contributed by atoms with Crippen molar-refractivity contribution < 1.29 is 50.8 Å². The SMILES string of the molecule is O=C(CCl)c1ccc(F)c(F)c1.[Al+3].[Cl-].[Cl-].[Cl-]. The van der Waals surface area contributed by atoms with E-state index in [0.717, 1.165) is 12.1 Å². The maximum atomic E-state index is 12.5. The molecule has 0 aliphatic heterocycles. The summed E-state index contributed by atoms with van der Waals surface area (Å²) in [5.41, 5.74) is 0.0869. The van der Waals surface area contributed by atoms with Gasteiger partial charge in [0.05, 0.1) is 5.88 Å². The molecule has 1 rings (SSSR count).